The van der Waals surface area contributed by atoms with Crippen LogP contribution in [-0.2, 0) is 0 Å². The Morgan fingerprint density at radius 1 is 1.47 bits per heavy atom. The molecule has 4 heteroatoms. The Balaban J connectivity index is 0.000000921. The van der Waals surface area contributed by atoms with E-state index in [2.05, 4.69) is 34.1 Å². The first-order chi connectivity index (χ1) is 7.33. The third kappa shape index (κ3) is 6.72. The topological polar surface area (TPSA) is 53.6 Å². The minimum absolute atomic E-state index is 0.593. The van der Waals surface area contributed by atoms with Gasteiger partial charge in [0.1, 0.15) is 5.84 Å². The number of rotatable bonds is 3. The third-order valence-corrected chi connectivity index (χ3v) is 2.12. The molecule has 0 radical (unpaired) electrons. The van der Waals surface area contributed by atoms with E-state index >= 15 is 0 Å². The van der Waals surface area contributed by atoms with E-state index in [1.165, 1.54) is 0 Å². The number of hydrogen-bond donors (Lipinski definition) is 2. The molecule has 0 amide bonds. The summed E-state index contributed by atoms with van der Waals surface area (Å²) in [5, 5.41) is 3.31. The quantitative estimate of drug-likeness (QED) is 0.380. The van der Waals surface area contributed by atoms with Gasteiger partial charge in [-0.1, -0.05) is 6.08 Å². The van der Waals surface area contributed by atoms with Crippen molar-refractivity contribution >= 4 is 5.84 Å². The lowest BCUT2D eigenvalue weighted by Crippen LogP contribution is -2.43. The Bertz CT molecular complexity index is 224. The van der Waals surface area contributed by atoms with E-state index < -0.39 is 0 Å². The first kappa shape index (κ1) is 13.7. The fraction of sp³-hybridized carbons (Fsp3) is 0.545. The summed E-state index contributed by atoms with van der Waals surface area (Å²) >= 11 is 0. The molecule has 0 aromatic rings. The van der Waals surface area contributed by atoms with E-state index in [0.717, 1.165) is 32.7 Å². The van der Waals surface area contributed by atoms with Crippen LogP contribution in [0.5, 0.6) is 0 Å². The monoisotopic (exact) mass is 208 g/mol. The van der Waals surface area contributed by atoms with Crippen molar-refractivity contribution in [1.29, 1.82) is 0 Å². The van der Waals surface area contributed by atoms with Crippen LogP contribution in [0.4, 0.5) is 0 Å². The molecule has 0 bridgehead atoms. The Labute approximate surface area is 92.2 Å². The molecule has 3 N–H and O–H groups in total. The first-order valence-corrected chi connectivity index (χ1v) is 4.98. The largest absolute Gasteiger partial charge is 0.384 e. The molecule has 1 aliphatic heterocycles. The maximum atomic E-state index is 5.52. The van der Waals surface area contributed by atoms with Crippen molar-refractivity contribution in [1.82, 2.24) is 10.2 Å². The standard InChI is InChI=1S/C9H18N4.C2H2/c1-11-9(10)3-2-6-13-7-4-12-5-8-13;1-2/h2-3,12H,4-8H2,1H3,(H2,10,11);1-2H/b3-2-;. The van der Waals surface area contributed by atoms with E-state index in [4.69, 9.17) is 5.73 Å². The number of nitrogens with zero attached hydrogens (tertiary/aromatic N) is 2. The van der Waals surface area contributed by atoms with Gasteiger partial charge in [-0.2, -0.15) is 0 Å². The smallest absolute Gasteiger partial charge is 0.117 e. The second kappa shape index (κ2) is 9.25. The van der Waals surface area contributed by atoms with Gasteiger partial charge in [-0.25, -0.2) is 0 Å². The van der Waals surface area contributed by atoms with Gasteiger partial charge in [0.15, 0.2) is 0 Å². The molecule has 0 spiro atoms. The molecular formula is C11H20N4. The Kier molecular flexibility index (Phi) is 8.44. The highest BCUT2D eigenvalue weighted by Gasteiger charge is 2.06. The van der Waals surface area contributed by atoms with Crippen LogP contribution in [0, 0.1) is 12.8 Å². The molecule has 1 heterocycles. The fourth-order valence-corrected chi connectivity index (χ4v) is 1.29. The fourth-order valence-electron chi connectivity index (χ4n) is 1.29. The van der Waals surface area contributed by atoms with Gasteiger partial charge in [0.25, 0.3) is 0 Å². The van der Waals surface area contributed by atoms with Crippen LogP contribution in [0.2, 0.25) is 0 Å². The molecule has 0 saturated carbocycles. The van der Waals surface area contributed by atoms with Crippen LogP contribution in [0.1, 0.15) is 0 Å². The third-order valence-electron chi connectivity index (χ3n) is 2.12. The predicted octanol–water partition coefficient (Wildman–Crippen LogP) is -0.316. The average Bonchev–Trinajstić information content (AvgIpc) is 2.33. The highest BCUT2D eigenvalue weighted by molar-refractivity contribution is 5.91. The van der Waals surface area contributed by atoms with Crippen molar-refractivity contribution in [2.75, 3.05) is 39.8 Å². The van der Waals surface area contributed by atoms with Gasteiger partial charge < -0.3 is 11.1 Å². The maximum Gasteiger partial charge on any atom is 0.117 e. The van der Waals surface area contributed by atoms with Gasteiger partial charge in [-0.05, 0) is 6.08 Å². The molecule has 1 aliphatic rings. The second-order valence-corrected chi connectivity index (χ2v) is 3.10. The number of nitrogens with two attached hydrogens (primary N) is 1. The van der Waals surface area contributed by atoms with Gasteiger partial charge in [-0.3, -0.25) is 9.89 Å². The number of nitrogens with one attached hydrogen (secondary N) is 1. The van der Waals surface area contributed by atoms with Gasteiger partial charge >= 0.3 is 0 Å². The van der Waals surface area contributed by atoms with Gasteiger partial charge in [0.05, 0.1) is 0 Å². The number of piperazine rings is 1. The zero-order valence-electron chi connectivity index (χ0n) is 9.32. The van der Waals surface area contributed by atoms with Crippen LogP contribution < -0.4 is 11.1 Å². The zero-order chi connectivity index (χ0) is 11.5. The number of hydrogen-bond acceptors (Lipinski definition) is 3. The molecule has 0 aromatic heterocycles. The van der Waals surface area contributed by atoms with Crippen molar-refractivity contribution in [3.05, 3.63) is 12.2 Å². The summed E-state index contributed by atoms with van der Waals surface area (Å²) in [6.45, 7) is 5.38. The number of terminal acetylenes is 1. The van der Waals surface area contributed by atoms with Crippen LogP contribution in [0.15, 0.2) is 17.1 Å². The summed E-state index contributed by atoms with van der Waals surface area (Å²) < 4.78 is 0. The molecule has 1 saturated heterocycles. The average molecular weight is 208 g/mol. The highest BCUT2D eigenvalue weighted by Crippen LogP contribution is 1.91. The van der Waals surface area contributed by atoms with Crippen molar-refractivity contribution in [2.45, 2.75) is 0 Å². The van der Waals surface area contributed by atoms with Crippen molar-refractivity contribution in [3.8, 4) is 12.8 Å². The van der Waals surface area contributed by atoms with Crippen LogP contribution >= 0.6 is 0 Å². The molecule has 1 rings (SSSR count). The molecule has 0 aromatic carbocycles. The van der Waals surface area contributed by atoms with Gasteiger partial charge in [0.2, 0.25) is 0 Å². The summed E-state index contributed by atoms with van der Waals surface area (Å²) in [4.78, 5) is 6.23. The molecule has 0 unspecified atom stereocenters. The molecule has 84 valence electrons. The van der Waals surface area contributed by atoms with E-state index in [9.17, 15) is 0 Å². The lowest BCUT2D eigenvalue weighted by molar-refractivity contribution is 0.265. The van der Waals surface area contributed by atoms with Crippen LogP contribution in [0.3, 0.4) is 0 Å². The van der Waals surface area contributed by atoms with Crippen molar-refractivity contribution < 1.29 is 0 Å². The van der Waals surface area contributed by atoms with E-state index in [-0.39, 0.29) is 0 Å². The summed E-state index contributed by atoms with van der Waals surface area (Å²) in [5.41, 5.74) is 5.52. The molecule has 15 heavy (non-hydrogen) atoms. The minimum atomic E-state index is 0.593. The lowest BCUT2D eigenvalue weighted by Gasteiger charge is -2.25. The Morgan fingerprint density at radius 2 is 2.07 bits per heavy atom. The number of amidine groups is 1. The summed E-state index contributed by atoms with van der Waals surface area (Å²) in [6.07, 6.45) is 11.9. The number of aliphatic imine (C=N–C) groups is 1. The van der Waals surface area contributed by atoms with Crippen molar-refractivity contribution in [2.24, 2.45) is 10.7 Å². The predicted molar refractivity (Wildman–Crippen MR) is 65.9 cm³/mol. The summed E-state index contributed by atoms with van der Waals surface area (Å²) in [7, 11) is 1.70. The van der Waals surface area contributed by atoms with E-state index in [0.29, 0.717) is 5.84 Å². The molecular weight excluding hydrogens is 188 g/mol. The summed E-state index contributed by atoms with van der Waals surface area (Å²) in [5.74, 6) is 0.593. The van der Waals surface area contributed by atoms with E-state index in [1.54, 1.807) is 7.05 Å². The molecule has 4 nitrogen and oxygen atoms in total. The highest BCUT2D eigenvalue weighted by atomic mass is 15.2. The zero-order valence-corrected chi connectivity index (χ0v) is 9.32. The van der Waals surface area contributed by atoms with Crippen molar-refractivity contribution in [3.63, 3.8) is 0 Å². The van der Waals surface area contributed by atoms with Crippen LogP contribution in [-0.4, -0.2) is 50.5 Å². The normalized spacial score (nSPS) is 18.5. The van der Waals surface area contributed by atoms with E-state index in [1.807, 2.05) is 6.08 Å². The van der Waals surface area contributed by atoms with Gasteiger partial charge in [0, 0.05) is 39.8 Å². The Hall–Kier alpha value is -1.31. The molecule has 0 aliphatic carbocycles. The molecule has 0 atom stereocenters. The summed E-state index contributed by atoms with van der Waals surface area (Å²) in [6, 6.07) is 0. The second-order valence-electron chi connectivity index (χ2n) is 3.10. The molecule has 1 fully saturated rings. The Morgan fingerprint density at radius 3 is 2.60 bits per heavy atom. The van der Waals surface area contributed by atoms with Gasteiger partial charge in [-0.15, -0.1) is 12.8 Å². The minimum Gasteiger partial charge on any atom is -0.384 e. The lowest BCUT2D eigenvalue weighted by atomic mass is 10.3. The van der Waals surface area contributed by atoms with Crippen LogP contribution in [0.25, 0.3) is 0 Å². The maximum absolute atomic E-state index is 5.52. The SMILES string of the molecule is C#C.CN=C(N)/C=C\CN1CCNCC1. The first-order valence-electron chi connectivity index (χ1n) is 4.98.